The topological polar surface area (TPSA) is 54.1 Å². The van der Waals surface area contributed by atoms with E-state index in [1.807, 2.05) is 36.1 Å². The van der Waals surface area contributed by atoms with Crippen molar-refractivity contribution in [3.05, 3.63) is 48.0 Å². The molecule has 0 atom stereocenters. The van der Waals surface area contributed by atoms with Crippen molar-refractivity contribution in [1.82, 2.24) is 14.5 Å². The van der Waals surface area contributed by atoms with E-state index >= 15 is 0 Å². The first kappa shape index (κ1) is 15.1. The van der Waals surface area contributed by atoms with Gasteiger partial charge in [-0.05, 0) is 37.7 Å². The van der Waals surface area contributed by atoms with Crippen molar-refractivity contribution >= 4 is 0 Å². The van der Waals surface area contributed by atoms with Crippen LogP contribution in [0.25, 0.3) is 0 Å². The molecule has 0 saturated carbocycles. The Balaban J connectivity index is 1.67. The van der Waals surface area contributed by atoms with Crippen molar-refractivity contribution in [2.24, 2.45) is 7.05 Å². The number of nitriles is 1. The summed E-state index contributed by atoms with van der Waals surface area (Å²) >= 11 is 0. The van der Waals surface area contributed by atoms with Crippen LogP contribution in [0.5, 0.6) is 5.75 Å². The Bertz CT molecular complexity index is 597. The number of aryl methyl sites for hydroxylation is 1. The Morgan fingerprint density at radius 3 is 2.71 bits per heavy atom. The number of benzene rings is 1. The molecule has 0 unspecified atom stereocenters. The van der Waals surface area contributed by atoms with Gasteiger partial charge in [-0.1, -0.05) is 0 Å². The summed E-state index contributed by atoms with van der Waals surface area (Å²) in [7, 11) is 4.08. The molecular weight excluding hydrogens is 264 g/mol. The predicted molar refractivity (Wildman–Crippen MR) is 80.8 cm³/mol. The maximum atomic E-state index is 8.73. The van der Waals surface area contributed by atoms with E-state index in [1.54, 1.807) is 12.1 Å². The number of hydrogen-bond acceptors (Lipinski definition) is 4. The zero-order chi connectivity index (χ0) is 15.1. The zero-order valence-electron chi connectivity index (χ0n) is 12.5. The van der Waals surface area contributed by atoms with Gasteiger partial charge in [0, 0.05) is 26.0 Å². The van der Waals surface area contributed by atoms with Gasteiger partial charge >= 0.3 is 0 Å². The lowest BCUT2D eigenvalue weighted by Crippen LogP contribution is -2.22. The van der Waals surface area contributed by atoms with Gasteiger partial charge in [-0.15, -0.1) is 0 Å². The van der Waals surface area contributed by atoms with Crippen LogP contribution in [-0.2, 0) is 13.6 Å². The smallest absolute Gasteiger partial charge is 0.122 e. The average molecular weight is 284 g/mol. The first-order valence-electron chi connectivity index (χ1n) is 6.97. The summed E-state index contributed by atoms with van der Waals surface area (Å²) in [6.45, 7) is 2.44. The molecule has 21 heavy (non-hydrogen) atoms. The zero-order valence-corrected chi connectivity index (χ0v) is 12.5. The maximum absolute atomic E-state index is 8.73. The summed E-state index contributed by atoms with van der Waals surface area (Å²) in [6, 6.07) is 9.28. The molecule has 2 aromatic rings. The molecule has 2 rings (SSSR count). The standard InChI is InChI=1S/C16H20N4O/c1-19(13-16-18-8-10-20(16)2)9-3-11-21-15-6-4-14(12-17)5-7-15/h4-8,10H,3,9,11,13H2,1-2H3. The molecule has 1 heterocycles. The highest BCUT2D eigenvalue weighted by molar-refractivity contribution is 5.34. The molecule has 5 heteroatoms. The van der Waals surface area contributed by atoms with Crippen LogP contribution in [0.4, 0.5) is 0 Å². The second-order valence-electron chi connectivity index (χ2n) is 5.03. The molecule has 0 N–H and O–H groups in total. The Morgan fingerprint density at radius 1 is 1.33 bits per heavy atom. The molecule has 0 saturated heterocycles. The normalized spacial score (nSPS) is 10.6. The molecule has 0 fully saturated rings. The van der Waals surface area contributed by atoms with Crippen molar-refractivity contribution in [3.63, 3.8) is 0 Å². The molecular formula is C16H20N4O. The fraction of sp³-hybridized carbons (Fsp3) is 0.375. The minimum atomic E-state index is 0.650. The number of imidazole rings is 1. The van der Waals surface area contributed by atoms with Crippen molar-refractivity contribution < 1.29 is 4.74 Å². The molecule has 0 radical (unpaired) electrons. The Kier molecular flexibility index (Phi) is 5.35. The van der Waals surface area contributed by atoms with Crippen LogP contribution < -0.4 is 4.74 Å². The second kappa shape index (κ2) is 7.46. The molecule has 0 aliphatic carbocycles. The summed E-state index contributed by atoms with van der Waals surface area (Å²) in [5.74, 6) is 1.87. The van der Waals surface area contributed by atoms with Gasteiger partial charge in [-0.3, -0.25) is 4.90 Å². The quantitative estimate of drug-likeness (QED) is 0.731. The SMILES string of the molecule is CN(CCCOc1ccc(C#N)cc1)Cc1nccn1C. The van der Waals surface area contributed by atoms with Crippen LogP contribution in [0.15, 0.2) is 36.7 Å². The van der Waals surface area contributed by atoms with Crippen molar-refractivity contribution in [2.45, 2.75) is 13.0 Å². The first-order valence-corrected chi connectivity index (χ1v) is 6.97. The third-order valence-corrected chi connectivity index (χ3v) is 3.27. The molecule has 0 aliphatic heterocycles. The van der Waals surface area contributed by atoms with E-state index in [4.69, 9.17) is 10.00 Å². The van der Waals surface area contributed by atoms with Crippen LogP contribution in [-0.4, -0.2) is 34.7 Å². The van der Waals surface area contributed by atoms with E-state index in [2.05, 4.69) is 23.0 Å². The summed E-state index contributed by atoms with van der Waals surface area (Å²) in [5.41, 5.74) is 0.650. The predicted octanol–water partition coefficient (Wildman–Crippen LogP) is 2.19. The van der Waals surface area contributed by atoms with E-state index in [0.717, 1.165) is 31.1 Å². The lowest BCUT2D eigenvalue weighted by atomic mass is 10.2. The summed E-state index contributed by atoms with van der Waals surface area (Å²) in [5, 5.41) is 8.73. The van der Waals surface area contributed by atoms with Crippen LogP contribution >= 0.6 is 0 Å². The molecule has 1 aromatic carbocycles. The summed E-state index contributed by atoms with van der Waals surface area (Å²) in [4.78, 5) is 6.54. The largest absolute Gasteiger partial charge is 0.494 e. The number of rotatable bonds is 7. The molecule has 0 aliphatic rings. The molecule has 110 valence electrons. The van der Waals surface area contributed by atoms with E-state index < -0.39 is 0 Å². The highest BCUT2D eigenvalue weighted by Gasteiger charge is 2.04. The third-order valence-electron chi connectivity index (χ3n) is 3.27. The Morgan fingerprint density at radius 2 is 2.10 bits per heavy atom. The minimum absolute atomic E-state index is 0.650. The molecule has 0 spiro atoms. The van der Waals surface area contributed by atoms with Crippen LogP contribution in [0.1, 0.15) is 17.8 Å². The van der Waals surface area contributed by atoms with Crippen molar-refractivity contribution in [2.75, 3.05) is 20.2 Å². The van der Waals surface area contributed by atoms with Gasteiger partial charge in [0.1, 0.15) is 11.6 Å². The lowest BCUT2D eigenvalue weighted by Gasteiger charge is -2.16. The first-order chi connectivity index (χ1) is 10.2. The number of hydrogen-bond donors (Lipinski definition) is 0. The van der Waals surface area contributed by atoms with E-state index in [9.17, 15) is 0 Å². The summed E-state index contributed by atoms with van der Waals surface area (Å²) < 4.78 is 7.69. The van der Waals surface area contributed by atoms with Crippen LogP contribution in [0.2, 0.25) is 0 Å². The highest BCUT2D eigenvalue weighted by Crippen LogP contribution is 2.11. The minimum Gasteiger partial charge on any atom is -0.494 e. The highest BCUT2D eigenvalue weighted by atomic mass is 16.5. The van der Waals surface area contributed by atoms with E-state index in [0.29, 0.717) is 12.2 Å². The van der Waals surface area contributed by atoms with Gasteiger partial charge in [0.2, 0.25) is 0 Å². The van der Waals surface area contributed by atoms with Gasteiger partial charge < -0.3 is 9.30 Å². The van der Waals surface area contributed by atoms with Crippen LogP contribution in [0.3, 0.4) is 0 Å². The fourth-order valence-corrected chi connectivity index (χ4v) is 2.02. The second-order valence-corrected chi connectivity index (χ2v) is 5.03. The molecule has 0 bridgehead atoms. The molecule has 1 aromatic heterocycles. The Hall–Kier alpha value is -2.32. The number of nitrogens with zero attached hydrogens (tertiary/aromatic N) is 4. The fourth-order valence-electron chi connectivity index (χ4n) is 2.02. The maximum Gasteiger partial charge on any atom is 0.122 e. The molecule has 5 nitrogen and oxygen atoms in total. The van der Waals surface area contributed by atoms with Crippen molar-refractivity contribution in [1.29, 1.82) is 5.26 Å². The summed E-state index contributed by atoms with van der Waals surface area (Å²) in [6.07, 6.45) is 4.72. The monoisotopic (exact) mass is 284 g/mol. The Labute approximate surface area is 125 Å². The van der Waals surface area contributed by atoms with Gasteiger partial charge in [0.15, 0.2) is 0 Å². The third kappa shape index (κ3) is 4.62. The van der Waals surface area contributed by atoms with Gasteiger partial charge in [0.25, 0.3) is 0 Å². The average Bonchev–Trinajstić information content (AvgIpc) is 2.89. The lowest BCUT2D eigenvalue weighted by molar-refractivity contribution is 0.254. The van der Waals surface area contributed by atoms with Gasteiger partial charge in [-0.2, -0.15) is 5.26 Å². The number of ether oxygens (including phenoxy) is 1. The van der Waals surface area contributed by atoms with Crippen LogP contribution in [0, 0.1) is 11.3 Å². The number of aromatic nitrogens is 2. The van der Waals surface area contributed by atoms with Gasteiger partial charge in [0.05, 0.1) is 24.8 Å². The molecule has 0 amide bonds. The van der Waals surface area contributed by atoms with E-state index in [-0.39, 0.29) is 0 Å². The van der Waals surface area contributed by atoms with Crippen molar-refractivity contribution in [3.8, 4) is 11.8 Å². The van der Waals surface area contributed by atoms with Gasteiger partial charge in [-0.25, -0.2) is 4.98 Å². The van der Waals surface area contributed by atoms with E-state index in [1.165, 1.54) is 0 Å².